The summed E-state index contributed by atoms with van der Waals surface area (Å²) < 4.78 is 12.2. The van der Waals surface area contributed by atoms with E-state index in [4.69, 9.17) is 21.4 Å². The maximum atomic E-state index is 11.9. The number of nitrogens with zero attached hydrogens (tertiary/aromatic N) is 4. The Kier molecular flexibility index (Phi) is 5.01. The maximum absolute atomic E-state index is 11.9. The number of nitrogens with one attached hydrogen (secondary N) is 1. The van der Waals surface area contributed by atoms with E-state index in [-0.39, 0.29) is 13.2 Å². The van der Waals surface area contributed by atoms with Crippen LogP contribution in [0, 0.1) is 19.3 Å². The molecule has 0 saturated carbocycles. The molecule has 0 spiro atoms. The van der Waals surface area contributed by atoms with E-state index in [1.807, 2.05) is 0 Å². The monoisotopic (exact) mass is 305 g/mol. The molecule has 0 bridgehead atoms. The predicted octanol–water partition coefficient (Wildman–Crippen LogP) is 0.461. The summed E-state index contributed by atoms with van der Waals surface area (Å²) in [6.45, 7) is 1.86. The van der Waals surface area contributed by atoms with Crippen LogP contribution in [0.5, 0.6) is 0 Å². The Bertz CT molecular complexity index is 740. The Morgan fingerprint density at radius 2 is 2.45 bits per heavy atom. The van der Waals surface area contributed by atoms with E-state index in [2.05, 4.69) is 20.9 Å². The Balaban J connectivity index is 2.22. The molecule has 0 unspecified atom stereocenters. The zero-order valence-corrected chi connectivity index (χ0v) is 11.9. The molecule has 0 aromatic carbocycles. The van der Waals surface area contributed by atoms with Crippen LogP contribution in [0.15, 0.2) is 20.9 Å². The summed E-state index contributed by atoms with van der Waals surface area (Å²) in [6, 6.07) is -0.480. The number of azide groups is 1. The molecule has 1 saturated heterocycles. The number of aryl methyl sites for hydroxylation is 1. The van der Waals surface area contributed by atoms with Crippen LogP contribution in [-0.2, 0) is 9.47 Å². The number of ether oxygens (including phenoxy) is 2. The third-order valence-electron chi connectivity index (χ3n) is 3.33. The number of hydrogen-bond acceptors (Lipinski definition) is 5. The normalized spacial score (nSPS) is 23.7. The SMILES string of the molecule is C#CCOC[C@H]1O[C@@H](n2cc(C)c(=O)[nH]c2=O)C[C@H]1N=[N+]=[N-]. The molecule has 1 N–H and O–H groups in total. The number of H-pyrrole nitrogens is 1. The van der Waals surface area contributed by atoms with Gasteiger partial charge in [0.2, 0.25) is 0 Å². The lowest BCUT2D eigenvalue weighted by Crippen LogP contribution is -2.33. The highest BCUT2D eigenvalue weighted by Gasteiger charge is 2.36. The first-order chi connectivity index (χ1) is 10.6. The summed E-state index contributed by atoms with van der Waals surface area (Å²) in [7, 11) is 0. The molecule has 9 heteroatoms. The van der Waals surface area contributed by atoms with E-state index in [1.165, 1.54) is 10.8 Å². The molecule has 116 valence electrons. The van der Waals surface area contributed by atoms with Gasteiger partial charge in [0.05, 0.1) is 18.8 Å². The maximum Gasteiger partial charge on any atom is 0.330 e. The molecule has 0 amide bonds. The fraction of sp³-hybridized carbons (Fsp3) is 0.538. The van der Waals surface area contributed by atoms with E-state index >= 15 is 0 Å². The van der Waals surface area contributed by atoms with Crippen molar-refractivity contribution in [2.45, 2.75) is 31.7 Å². The van der Waals surface area contributed by atoms with E-state index in [1.54, 1.807) is 6.92 Å². The van der Waals surface area contributed by atoms with Crippen LogP contribution in [0.3, 0.4) is 0 Å². The van der Waals surface area contributed by atoms with Crippen molar-refractivity contribution in [3.63, 3.8) is 0 Å². The van der Waals surface area contributed by atoms with Crippen LogP contribution in [0.25, 0.3) is 10.4 Å². The van der Waals surface area contributed by atoms with Crippen LogP contribution in [-0.4, -0.2) is 34.9 Å². The lowest BCUT2D eigenvalue weighted by molar-refractivity contribution is -0.0405. The van der Waals surface area contributed by atoms with Gasteiger partial charge in [-0.2, -0.15) is 0 Å². The second-order valence-electron chi connectivity index (χ2n) is 4.84. The highest BCUT2D eigenvalue weighted by molar-refractivity contribution is 5.02. The Hall–Kier alpha value is -2.53. The molecule has 22 heavy (non-hydrogen) atoms. The van der Waals surface area contributed by atoms with Crippen LogP contribution in [0.1, 0.15) is 18.2 Å². The van der Waals surface area contributed by atoms with Gasteiger partial charge in [0.15, 0.2) is 0 Å². The Morgan fingerprint density at radius 3 is 3.14 bits per heavy atom. The number of terminal acetylenes is 1. The van der Waals surface area contributed by atoms with Crippen molar-refractivity contribution in [3.8, 4) is 12.3 Å². The Labute approximate surface area is 125 Å². The topological polar surface area (TPSA) is 122 Å². The van der Waals surface area contributed by atoms with Crippen molar-refractivity contribution in [1.82, 2.24) is 9.55 Å². The number of hydrogen-bond donors (Lipinski definition) is 1. The number of rotatable bonds is 5. The van der Waals surface area contributed by atoms with Gasteiger partial charge in [0.1, 0.15) is 12.8 Å². The van der Waals surface area contributed by atoms with Gasteiger partial charge in [-0.05, 0) is 12.5 Å². The zero-order valence-electron chi connectivity index (χ0n) is 11.9. The van der Waals surface area contributed by atoms with Crippen molar-refractivity contribution in [2.24, 2.45) is 5.11 Å². The van der Waals surface area contributed by atoms with Crippen LogP contribution < -0.4 is 11.2 Å². The molecule has 2 heterocycles. The number of aromatic nitrogens is 2. The first-order valence-corrected chi connectivity index (χ1v) is 6.59. The van der Waals surface area contributed by atoms with E-state index in [9.17, 15) is 9.59 Å². The molecule has 1 aliphatic rings. The van der Waals surface area contributed by atoms with Gasteiger partial charge in [-0.1, -0.05) is 11.0 Å². The van der Waals surface area contributed by atoms with Gasteiger partial charge >= 0.3 is 5.69 Å². The molecular weight excluding hydrogens is 290 g/mol. The fourth-order valence-corrected chi connectivity index (χ4v) is 2.26. The largest absolute Gasteiger partial charge is 0.366 e. The highest BCUT2D eigenvalue weighted by Crippen LogP contribution is 2.30. The highest BCUT2D eigenvalue weighted by atomic mass is 16.6. The van der Waals surface area contributed by atoms with Gasteiger partial charge in [-0.3, -0.25) is 14.3 Å². The second-order valence-corrected chi connectivity index (χ2v) is 4.84. The molecule has 0 aliphatic carbocycles. The lowest BCUT2D eigenvalue weighted by Gasteiger charge is -2.16. The summed E-state index contributed by atoms with van der Waals surface area (Å²) in [5, 5.41) is 3.67. The standard InChI is InChI=1S/C13H15N5O4/c1-3-4-21-7-10-9(16-17-14)5-11(22-10)18-6-8(2)12(19)15-13(18)20/h1,6,9-11H,4-5,7H2,2H3,(H,15,19,20)/t9-,10-,11-/m1/s1. The molecule has 1 aromatic heterocycles. The molecule has 9 nitrogen and oxygen atoms in total. The fourth-order valence-electron chi connectivity index (χ4n) is 2.26. The number of aromatic amines is 1. The molecule has 0 radical (unpaired) electrons. The van der Waals surface area contributed by atoms with Crippen molar-refractivity contribution in [1.29, 1.82) is 0 Å². The molecule has 3 atom stereocenters. The van der Waals surface area contributed by atoms with Crippen molar-refractivity contribution in [2.75, 3.05) is 13.2 Å². The first kappa shape index (κ1) is 15.9. The minimum atomic E-state index is -0.641. The summed E-state index contributed by atoms with van der Waals surface area (Å²) in [5.74, 6) is 2.33. The average molecular weight is 305 g/mol. The molecule has 2 rings (SSSR count). The summed E-state index contributed by atoms with van der Waals surface area (Å²) in [4.78, 5) is 28.3. The minimum absolute atomic E-state index is 0.116. The van der Waals surface area contributed by atoms with Crippen LogP contribution >= 0.6 is 0 Å². The molecular formula is C13H15N5O4. The lowest BCUT2D eigenvalue weighted by atomic mass is 10.1. The van der Waals surface area contributed by atoms with Crippen molar-refractivity contribution < 1.29 is 9.47 Å². The average Bonchev–Trinajstić information content (AvgIpc) is 2.87. The quantitative estimate of drug-likeness (QED) is 0.279. The first-order valence-electron chi connectivity index (χ1n) is 6.59. The van der Waals surface area contributed by atoms with E-state index < -0.39 is 29.6 Å². The Morgan fingerprint density at radius 1 is 1.68 bits per heavy atom. The third kappa shape index (κ3) is 3.38. The molecule has 1 fully saturated rings. The smallest absolute Gasteiger partial charge is 0.330 e. The summed E-state index contributed by atoms with van der Waals surface area (Å²) >= 11 is 0. The zero-order chi connectivity index (χ0) is 16.1. The van der Waals surface area contributed by atoms with Gasteiger partial charge in [-0.25, -0.2) is 4.79 Å². The second kappa shape index (κ2) is 6.95. The van der Waals surface area contributed by atoms with Gasteiger partial charge in [-0.15, -0.1) is 6.42 Å². The van der Waals surface area contributed by atoms with Gasteiger partial charge in [0, 0.05) is 23.1 Å². The van der Waals surface area contributed by atoms with Crippen molar-refractivity contribution >= 4 is 0 Å². The van der Waals surface area contributed by atoms with Crippen LogP contribution in [0.2, 0.25) is 0 Å². The molecule has 1 aromatic rings. The van der Waals surface area contributed by atoms with Gasteiger partial charge in [0.25, 0.3) is 5.56 Å². The van der Waals surface area contributed by atoms with Crippen LogP contribution in [0.4, 0.5) is 0 Å². The van der Waals surface area contributed by atoms with Crippen molar-refractivity contribution in [3.05, 3.63) is 43.0 Å². The van der Waals surface area contributed by atoms with Gasteiger partial charge < -0.3 is 9.47 Å². The third-order valence-corrected chi connectivity index (χ3v) is 3.33. The minimum Gasteiger partial charge on any atom is -0.366 e. The molecule has 1 aliphatic heterocycles. The summed E-state index contributed by atoms with van der Waals surface area (Å²) in [6.07, 6.45) is 5.68. The predicted molar refractivity (Wildman–Crippen MR) is 77.2 cm³/mol. The summed E-state index contributed by atoms with van der Waals surface area (Å²) in [5.41, 5.74) is 7.98. The van der Waals surface area contributed by atoms with E-state index in [0.717, 1.165) is 0 Å². The van der Waals surface area contributed by atoms with E-state index in [0.29, 0.717) is 12.0 Å².